The molecule has 0 aliphatic heterocycles. The summed E-state index contributed by atoms with van der Waals surface area (Å²) < 4.78 is 11.0. The van der Waals surface area contributed by atoms with Gasteiger partial charge in [0.15, 0.2) is 0 Å². The predicted molar refractivity (Wildman–Crippen MR) is 206 cm³/mol. The number of nitrogens with one attached hydrogen (secondary N) is 1. The van der Waals surface area contributed by atoms with Crippen molar-refractivity contribution in [1.29, 1.82) is 0 Å². The minimum absolute atomic E-state index is 0.0263. The zero-order valence-corrected chi connectivity index (χ0v) is 33.1. The van der Waals surface area contributed by atoms with Crippen LogP contribution in [0.1, 0.15) is 214 Å². The maximum Gasteiger partial charge on any atom is 0.308 e. The first-order valence-corrected chi connectivity index (χ1v) is 21.2. The second-order valence-electron chi connectivity index (χ2n) is 14.1. The van der Waals surface area contributed by atoms with Crippen LogP contribution >= 0.6 is 0 Å². The molecule has 0 aromatic carbocycles. The van der Waals surface area contributed by atoms with E-state index in [1.807, 2.05) is 0 Å². The Hall–Kier alpha value is -1.14. The lowest BCUT2D eigenvalue weighted by Crippen LogP contribution is -2.21. The molecule has 6 heteroatoms. The molecule has 0 aliphatic rings. The third kappa shape index (κ3) is 36.1. The summed E-state index contributed by atoms with van der Waals surface area (Å²) in [5.74, 6) is 0.349. The molecule has 2 unspecified atom stereocenters. The molecule has 0 rings (SSSR count). The van der Waals surface area contributed by atoms with Crippen LogP contribution in [-0.2, 0) is 19.1 Å². The lowest BCUT2D eigenvalue weighted by Gasteiger charge is -2.16. The highest BCUT2D eigenvalue weighted by Crippen LogP contribution is 2.22. The van der Waals surface area contributed by atoms with Crippen molar-refractivity contribution >= 4 is 11.9 Å². The molecule has 6 nitrogen and oxygen atoms in total. The van der Waals surface area contributed by atoms with Crippen molar-refractivity contribution in [1.82, 2.24) is 5.32 Å². The van der Waals surface area contributed by atoms with E-state index >= 15 is 0 Å². The van der Waals surface area contributed by atoms with Gasteiger partial charge in [0.1, 0.15) is 0 Å². The molecule has 0 aliphatic carbocycles. The number of unbranched alkanes of at least 4 members (excludes halogenated alkanes) is 18. The molecule has 0 saturated heterocycles. The van der Waals surface area contributed by atoms with E-state index in [1.54, 1.807) is 0 Å². The number of hydrogen-bond donors (Lipinski definition) is 2. The van der Waals surface area contributed by atoms with Gasteiger partial charge in [-0.3, -0.25) is 9.59 Å². The summed E-state index contributed by atoms with van der Waals surface area (Å²) in [4.78, 5) is 24.7. The smallest absolute Gasteiger partial charge is 0.308 e. The van der Waals surface area contributed by atoms with Crippen molar-refractivity contribution in [2.45, 2.75) is 214 Å². The summed E-state index contributed by atoms with van der Waals surface area (Å²) in [6.45, 7) is 13.9. The van der Waals surface area contributed by atoms with Crippen molar-refractivity contribution in [3.8, 4) is 0 Å². The summed E-state index contributed by atoms with van der Waals surface area (Å²) in [6.07, 6.45) is 33.2. The largest absolute Gasteiger partial charge is 0.465 e. The number of carbonyl (C=O) groups excluding carboxylic acids is 2. The lowest BCUT2D eigenvalue weighted by atomic mass is 9.94. The fraction of sp³-hybridized carbons (Fsp3) is 0.952. The minimum atomic E-state index is 0.0263. The van der Waals surface area contributed by atoms with E-state index in [-0.39, 0.29) is 30.4 Å². The maximum absolute atomic E-state index is 12.4. The van der Waals surface area contributed by atoms with E-state index in [9.17, 15) is 9.59 Å². The number of carbonyl (C=O) groups is 2. The lowest BCUT2D eigenvalue weighted by molar-refractivity contribution is -0.150. The van der Waals surface area contributed by atoms with E-state index in [1.165, 1.54) is 116 Å². The highest BCUT2D eigenvalue weighted by Gasteiger charge is 2.20. The Bertz CT molecular complexity index is 644. The van der Waals surface area contributed by atoms with Crippen LogP contribution in [0.25, 0.3) is 0 Å². The zero-order chi connectivity index (χ0) is 35.8. The summed E-state index contributed by atoms with van der Waals surface area (Å²) in [5.41, 5.74) is 0. The molecule has 0 heterocycles. The zero-order valence-electron chi connectivity index (χ0n) is 33.1. The number of esters is 2. The van der Waals surface area contributed by atoms with Crippen molar-refractivity contribution in [2.24, 2.45) is 11.8 Å². The first-order valence-electron chi connectivity index (χ1n) is 21.2. The van der Waals surface area contributed by atoms with Crippen molar-refractivity contribution < 1.29 is 24.2 Å². The van der Waals surface area contributed by atoms with Gasteiger partial charge >= 0.3 is 11.9 Å². The highest BCUT2D eigenvalue weighted by atomic mass is 16.5. The Kier molecular flexibility index (Phi) is 42.9. The van der Waals surface area contributed by atoms with Gasteiger partial charge in [-0.1, -0.05) is 169 Å². The molecule has 0 spiro atoms. The van der Waals surface area contributed by atoms with E-state index in [0.717, 1.165) is 70.8 Å². The summed E-state index contributed by atoms with van der Waals surface area (Å²) in [7, 11) is 0. The van der Waals surface area contributed by atoms with Crippen LogP contribution in [0, 0.1) is 11.8 Å². The highest BCUT2D eigenvalue weighted by molar-refractivity contribution is 5.72. The second kappa shape index (κ2) is 42.0. The van der Waals surface area contributed by atoms with Crippen LogP contribution in [0.5, 0.6) is 0 Å². The molecular weight excluding hydrogens is 598 g/mol. The molecule has 48 heavy (non-hydrogen) atoms. The van der Waals surface area contributed by atoms with E-state index < -0.39 is 0 Å². The number of rotatable bonds is 36. The molecule has 0 bridgehead atoms. The van der Waals surface area contributed by atoms with Crippen LogP contribution < -0.4 is 5.32 Å². The molecule has 2 atom stereocenters. The predicted octanol–water partition coefficient (Wildman–Crippen LogP) is 11.9. The molecule has 0 aromatic rings. The van der Waals surface area contributed by atoms with Gasteiger partial charge in [0.2, 0.25) is 0 Å². The van der Waals surface area contributed by atoms with Gasteiger partial charge < -0.3 is 19.9 Å². The fourth-order valence-electron chi connectivity index (χ4n) is 6.02. The van der Waals surface area contributed by atoms with Crippen LogP contribution in [0.4, 0.5) is 0 Å². The van der Waals surface area contributed by atoms with Crippen LogP contribution in [0.15, 0.2) is 0 Å². The van der Waals surface area contributed by atoms with Gasteiger partial charge in [0.25, 0.3) is 0 Å². The van der Waals surface area contributed by atoms with E-state index in [0.29, 0.717) is 19.8 Å². The Labute approximate surface area is 300 Å². The standard InChI is InChI=1S/C22H45NO3.C20H40O2/c1-3-5-7-9-10-12-16-21(15-11-8-6-4-2)22(25)26-20-14-13-17-23-18-19-24;1-4-7-10-12-13-15-17-19(16-14-11-8-5-2)20(21)22-18-9-6-3/h21,23-24H,3-20H2,1-2H3;19H,4-18H2,1-3H3. The Morgan fingerprint density at radius 1 is 0.438 bits per heavy atom. The molecule has 0 aromatic heterocycles. The maximum atomic E-state index is 12.4. The van der Waals surface area contributed by atoms with Gasteiger partial charge in [-0.2, -0.15) is 0 Å². The Morgan fingerprint density at radius 2 is 0.771 bits per heavy atom. The minimum Gasteiger partial charge on any atom is -0.465 e. The van der Waals surface area contributed by atoms with Crippen molar-refractivity contribution in [2.75, 3.05) is 32.9 Å². The monoisotopic (exact) mass is 684 g/mol. The normalized spacial score (nSPS) is 12.3. The molecule has 288 valence electrons. The van der Waals surface area contributed by atoms with Gasteiger partial charge in [-0.15, -0.1) is 0 Å². The summed E-state index contributed by atoms with van der Waals surface area (Å²) >= 11 is 0. The Morgan fingerprint density at radius 3 is 1.15 bits per heavy atom. The number of ether oxygens (including phenoxy) is 2. The van der Waals surface area contributed by atoms with Crippen molar-refractivity contribution in [3.05, 3.63) is 0 Å². The topological polar surface area (TPSA) is 84.9 Å². The fourth-order valence-corrected chi connectivity index (χ4v) is 6.02. The molecule has 0 radical (unpaired) electrons. The van der Waals surface area contributed by atoms with Gasteiger partial charge in [-0.05, 0) is 51.5 Å². The molecular formula is C42H85NO5. The third-order valence-corrected chi connectivity index (χ3v) is 9.31. The SMILES string of the molecule is CCCCCCCCC(CCCCCC)C(=O)OCCCC.CCCCCCCCC(CCCCCC)C(=O)OCCCCNCCO. The first-order chi connectivity index (χ1) is 23.5. The summed E-state index contributed by atoms with van der Waals surface area (Å²) in [5, 5.41) is 11.9. The molecule has 2 N–H and O–H groups in total. The van der Waals surface area contributed by atoms with Gasteiger partial charge in [-0.25, -0.2) is 0 Å². The summed E-state index contributed by atoms with van der Waals surface area (Å²) in [6, 6.07) is 0. The molecule has 0 fully saturated rings. The molecule has 0 amide bonds. The van der Waals surface area contributed by atoms with Crippen LogP contribution in [-0.4, -0.2) is 50.0 Å². The number of aliphatic hydroxyl groups excluding tert-OH is 1. The van der Waals surface area contributed by atoms with Gasteiger partial charge in [0.05, 0.1) is 31.7 Å². The van der Waals surface area contributed by atoms with Crippen LogP contribution in [0.3, 0.4) is 0 Å². The second-order valence-corrected chi connectivity index (χ2v) is 14.1. The number of aliphatic hydroxyl groups is 1. The number of hydrogen-bond acceptors (Lipinski definition) is 6. The Balaban J connectivity index is 0. The molecule has 0 saturated carbocycles. The van der Waals surface area contributed by atoms with Gasteiger partial charge in [0, 0.05) is 6.54 Å². The van der Waals surface area contributed by atoms with E-state index in [2.05, 4.69) is 39.9 Å². The van der Waals surface area contributed by atoms with Crippen LogP contribution in [0.2, 0.25) is 0 Å². The quantitative estimate of drug-likeness (QED) is 0.0505. The average Bonchev–Trinajstić information content (AvgIpc) is 3.09. The third-order valence-electron chi connectivity index (χ3n) is 9.31. The first kappa shape index (κ1) is 49.0. The average molecular weight is 684 g/mol. The van der Waals surface area contributed by atoms with E-state index in [4.69, 9.17) is 14.6 Å². The van der Waals surface area contributed by atoms with Crippen molar-refractivity contribution in [3.63, 3.8) is 0 Å².